The van der Waals surface area contributed by atoms with Crippen LogP contribution in [-0.2, 0) is 10.4 Å². The van der Waals surface area contributed by atoms with E-state index >= 15 is 0 Å². The molecule has 2 unspecified atom stereocenters. The number of hydrogen-bond donors (Lipinski definition) is 3. The number of benzene rings is 2. The molecule has 0 heterocycles. The van der Waals surface area contributed by atoms with E-state index in [0.29, 0.717) is 21.2 Å². The lowest BCUT2D eigenvalue weighted by molar-refractivity contribution is -0.267. The monoisotopic (exact) mass is 511 g/mol. The van der Waals surface area contributed by atoms with Crippen LogP contribution in [0.4, 0.5) is 13.2 Å². The minimum absolute atomic E-state index is 0.0207. The van der Waals surface area contributed by atoms with Crippen LogP contribution in [0.3, 0.4) is 0 Å². The maximum Gasteiger partial charge on any atom is 0.421 e. The van der Waals surface area contributed by atoms with Crippen LogP contribution in [0.25, 0.3) is 11.1 Å². The first-order valence-corrected chi connectivity index (χ1v) is 11.8. The van der Waals surface area contributed by atoms with Gasteiger partial charge in [0.1, 0.15) is 6.04 Å². The third kappa shape index (κ3) is 7.56. The van der Waals surface area contributed by atoms with Gasteiger partial charge in [-0.1, -0.05) is 67.4 Å². The number of halogens is 5. The van der Waals surface area contributed by atoms with Gasteiger partial charge in [0.2, 0.25) is 0 Å². The molecule has 4 nitrogen and oxygen atoms in total. The first-order valence-electron chi connectivity index (χ1n) is 9.87. The van der Waals surface area contributed by atoms with Crippen LogP contribution in [0.15, 0.2) is 42.5 Å². The Balaban J connectivity index is 0.00000249. The average molecular weight is 512 g/mol. The van der Waals surface area contributed by atoms with Crippen molar-refractivity contribution >= 4 is 40.9 Å². The first kappa shape index (κ1) is 28.6. The van der Waals surface area contributed by atoms with Crippen molar-refractivity contribution in [3.05, 3.63) is 58.1 Å². The number of thioether (sulfide) groups is 1. The minimum atomic E-state index is -4.88. The Labute approximate surface area is 199 Å². The van der Waals surface area contributed by atoms with Crippen molar-refractivity contribution in [3.8, 4) is 11.1 Å². The Morgan fingerprint density at radius 2 is 1.69 bits per heavy atom. The zero-order chi connectivity index (χ0) is 24.5. The number of aliphatic carboxylic acids is 1. The summed E-state index contributed by atoms with van der Waals surface area (Å²) in [5.74, 6) is -0.911. The van der Waals surface area contributed by atoms with Gasteiger partial charge in [-0.15, -0.1) is 0 Å². The van der Waals surface area contributed by atoms with E-state index < -0.39 is 30.2 Å². The van der Waals surface area contributed by atoms with Crippen molar-refractivity contribution < 1.29 is 28.2 Å². The van der Waals surface area contributed by atoms with Gasteiger partial charge in [0.15, 0.2) is 5.60 Å². The number of hydrogen-bond acceptors (Lipinski definition) is 4. The molecule has 0 aliphatic carbocycles. The molecule has 4 N–H and O–H groups in total. The molecule has 0 saturated heterocycles. The van der Waals surface area contributed by atoms with Crippen molar-refractivity contribution in [3.63, 3.8) is 0 Å². The normalized spacial score (nSPS) is 14.2. The van der Waals surface area contributed by atoms with Crippen molar-refractivity contribution in [2.24, 2.45) is 5.73 Å². The molecule has 2 atom stereocenters. The standard InChI is InChI=1S/C20H20Cl2F3NO3S.C2H6/c21-14-5-6-15(16(22)11-14)12-1-3-13(4-2-12)19(29,20(23,24)25)8-10-30-9-7-17(26)18(27)28;1-2/h1-6,11,17,29H,7-10,26H2,(H,27,28);1-2H3. The van der Waals surface area contributed by atoms with E-state index in [9.17, 15) is 23.1 Å². The minimum Gasteiger partial charge on any atom is -0.480 e. The van der Waals surface area contributed by atoms with Crippen LogP contribution in [0.2, 0.25) is 10.0 Å². The summed E-state index contributed by atoms with van der Waals surface area (Å²) in [5.41, 5.74) is 3.24. The lowest BCUT2D eigenvalue weighted by atomic mass is 9.89. The van der Waals surface area contributed by atoms with Crippen molar-refractivity contribution in [1.82, 2.24) is 0 Å². The van der Waals surface area contributed by atoms with Gasteiger partial charge in [0.25, 0.3) is 0 Å². The third-order valence-electron chi connectivity index (χ3n) is 4.57. The predicted octanol–water partition coefficient (Wildman–Crippen LogP) is 6.36. The SMILES string of the molecule is CC.NC(CCSCCC(O)(c1ccc(-c2ccc(Cl)cc2Cl)cc1)C(F)(F)F)C(=O)O. The molecule has 178 valence electrons. The number of alkyl halides is 3. The maximum atomic E-state index is 13.7. The number of carboxylic acid groups (broad SMARTS) is 1. The summed E-state index contributed by atoms with van der Waals surface area (Å²) >= 11 is 13.1. The number of aliphatic hydroxyl groups is 1. The summed E-state index contributed by atoms with van der Waals surface area (Å²) in [6.07, 6.45) is -5.34. The predicted molar refractivity (Wildman–Crippen MR) is 125 cm³/mol. The van der Waals surface area contributed by atoms with E-state index in [4.69, 9.17) is 34.0 Å². The highest BCUT2D eigenvalue weighted by atomic mass is 35.5. The van der Waals surface area contributed by atoms with Crippen LogP contribution in [0.1, 0.15) is 32.3 Å². The number of nitrogens with two attached hydrogens (primary N) is 1. The first-order chi connectivity index (χ1) is 15.0. The topological polar surface area (TPSA) is 83.5 Å². The zero-order valence-corrected chi connectivity index (χ0v) is 20.0. The highest BCUT2D eigenvalue weighted by Gasteiger charge is 2.54. The molecule has 0 fully saturated rings. The summed E-state index contributed by atoms with van der Waals surface area (Å²) in [4.78, 5) is 10.7. The summed E-state index contributed by atoms with van der Waals surface area (Å²) < 4.78 is 41.0. The highest BCUT2D eigenvalue weighted by Crippen LogP contribution is 2.43. The van der Waals surface area contributed by atoms with Crippen molar-refractivity contribution in [2.75, 3.05) is 11.5 Å². The smallest absolute Gasteiger partial charge is 0.421 e. The van der Waals surface area contributed by atoms with E-state index in [-0.39, 0.29) is 23.5 Å². The van der Waals surface area contributed by atoms with E-state index in [1.54, 1.807) is 12.1 Å². The van der Waals surface area contributed by atoms with Gasteiger partial charge in [0.05, 0.1) is 0 Å². The molecule has 32 heavy (non-hydrogen) atoms. The van der Waals surface area contributed by atoms with Gasteiger partial charge in [-0.2, -0.15) is 24.9 Å². The molecule has 0 aromatic heterocycles. The molecule has 0 radical (unpaired) electrons. The van der Waals surface area contributed by atoms with E-state index in [2.05, 4.69) is 0 Å². The molecular formula is C22H26Cl2F3NO3S. The Morgan fingerprint density at radius 1 is 1.09 bits per heavy atom. The van der Waals surface area contributed by atoms with Crippen LogP contribution in [-0.4, -0.2) is 39.9 Å². The second-order valence-corrected chi connectivity index (χ2v) is 8.72. The number of carbonyl (C=O) groups is 1. The maximum absolute atomic E-state index is 13.7. The van der Waals surface area contributed by atoms with Crippen LogP contribution in [0, 0.1) is 0 Å². The third-order valence-corrected chi connectivity index (χ3v) is 6.14. The molecule has 0 bridgehead atoms. The molecule has 10 heteroatoms. The molecule has 2 aromatic carbocycles. The lowest BCUT2D eigenvalue weighted by Gasteiger charge is -2.31. The molecule has 2 rings (SSSR count). The number of carboxylic acids is 1. The van der Waals surface area contributed by atoms with Crippen LogP contribution < -0.4 is 5.73 Å². The second kappa shape index (κ2) is 12.7. The summed E-state index contributed by atoms with van der Waals surface area (Å²) in [7, 11) is 0. The van der Waals surface area contributed by atoms with Gasteiger partial charge >= 0.3 is 12.1 Å². The highest BCUT2D eigenvalue weighted by molar-refractivity contribution is 7.99. The summed E-state index contributed by atoms with van der Waals surface area (Å²) in [6, 6.07) is 9.11. The fourth-order valence-electron chi connectivity index (χ4n) is 2.75. The molecule has 0 amide bonds. The lowest BCUT2D eigenvalue weighted by Crippen LogP contribution is -2.42. The van der Waals surface area contributed by atoms with Crippen molar-refractivity contribution in [1.29, 1.82) is 0 Å². The van der Waals surface area contributed by atoms with Gasteiger partial charge < -0.3 is 15.9 Å². The Kier molecular flexibility index (Phi) is 11.3. The molecule has 0 spiro atoms. The quantitative estimate of drug-likeness (QED) is 0.341. The Morgan fingerprint density at radius 3 is 2.19 bits per heavy atom. The fraction of sp³-hybridized carbons (Fsp3) is 0.409. The molecule has 0 aliphatic rings. The molecule has 0 aliphatic heterocycles. The summed E-state index contributed by atoms with van der Waals surface area (Å²) in [5, 5.41) is 20.0. The van der Waals surface area contributed by atoms with Gasteiger partial charge in [-0.05, 0) is 47.6 Å². The Hall–Kier alpha value is -1.45. The largest absolute Gasteiger partial charge is 0.480 e. The van der Waals surface area contributed by atoms with Crippen LogP contribution >= 0.6 is 35.0 Å². The Bertz CT molecular complexity index is 882. The van der Waals surface area contributed by atoms with E-state index in [1.807, 2.05) is 13.8 Å². The molecule has 2 aromatic rings. The van der Waals surface area contributed by atoms with Gasteiger partial charge in [-0.3, -0.25) is 4.79 Å². The van der Waals surface area contributed by atoms with Gasteiger partial charge in [0, 0.05) is 15.6 Å². The molecule has 0 saturated carbocycles. The summed E-state index contributed by atoms with van der Waals surface area (Å²) in [6.45, 7) is 4.00. The average Bonchev–Trinajstić information content (AvgIpc) is 2.74. The van der Waals surface area contributed by atoms with Crippen molar-refractivity contribution in [2.45, 2.75) is 44.5 Å². The molecular weight excluding hydrogens is 486 g/mol. The number of rotatable bonds is 9. The van der Waals surface area contributed by atoms with E-state index in [0.717, 1.165) is 11.8 Å². The van der Waals surface area contributed by atoms with E-state index in [1.165, 1.54) is 30.3 Å². The zero-order valence-electron chi connectivity index (χ0n) is 17.6. The van der Waals surface area contributed by atoms with Gasteiger partial charge in [-0.25, -0.2) is 0 Å². The second-order valence-electron chi connectivity index (χ2n) is 6.66. The van der Waals surface area contributed by atoms with Crippen LogP contribution in [0.5, 0.6) is 0 Å². The fourth-order valence-corrected chi connectivity index (χ4v) is 4.34.